The van der Waals surface area contributed by atoms with E-state index in [0.29, 0.717) is 13.0 Å². The van der Waals surface area contributed by atoms with Gasteiger partial charge in [-0.25, -0.2) is 4.99 Å². The zero-order valence-electron chi connectivity index (χ0n) is 16.6. The van der Waals surface area contributed by atoms with Crippen molar-refractivity contribution in [3.8, 4) is 0 Å². The summed E-state index contributed by atoms with van der Waals surface area (Å²) in [5.74, 6) is 1.73. The number of hydrogen-bond acceptors (Lipinski definition) is 4. The fourth-order valence-corrected chi connectivity index (χ4v) is 3.73. The van der Waals surface area contributed by atoms with Gasteiger partial charge in [0.1, 0.15) is 12.3 Å². The molecule has 0 aliphatic carbocycles. The van der Waals surface area contributed by atoms with Crippen molar-refractivity contribution in [1.82, 2.24) is 20.4 Å². The molecule has 156 valence electrons. The molecule has 1 unspecified atom stereocenters. The maximum atomic E-state index is 12.0. The van der Waals surface area contributed by atoms with E-state index in [0.717, 1.165) is 50.6 Å². The second kappa shape index (κ2) is 10.1. The SMILES string of the molecule is CN(C)C(=O)CN=C(NCCc1ccco1)N1CCCC2(CNC(=O)C2)C1.I. The van der Waals surface area contributed by atoms with Crippen LogP contribution in [-0.2, 0) is 16.0 Å². The van der Waals surface area contributed by atoms with E-state index in [1.165, 1.54) is 0 Å². The number of likely N-dealkylation sites (N-methyl/N-ethyl adjacent to an activating group) is 1. The van der Waals surface area contributed by atoms with E-state index in [9.17, 15) is 9.59 Å². The average Bonchev–Trinajstić information content (AvgIpc) is 3.27. The lowest BCUT2D eigenvalue weighted by molar-refractivity contribution is -0.127. The summed E-state index contributed by atoms with van der Waals surface area (Å²) >= 11 is 0. The highest BCUT2D eigenvalue weighted by Gasteiger charge is 2.42. The van der Waals surface area contributed by atoms with Crippen LogP contribution in [-0.4, -0.2) is 74.4 Å². The van der Waals surface area contributed by atoms with E-state index >= 15 is 0 Å². The third kappa shape index (κ3) is 5.86. The fraction of sp³-hybridized carbons (Fsp3) is 0.632. The molecule has 2 aliphatic heterocycles. The predicted octanol–water partition coefficient (Wildman–Crippen LogP) is 1.08. The molecule has 9 heteroatoms. The molecule has 28 heavy (non-hydrogen) atoms. The predicted molar refractivity (Wildman–Crippen MR) is 118 cm³/mol. The van der Waals surface area contributed by atoms with Crippen LogP contribution in [0.4, 0.5) is 0 Å². The Morgan fingerprint density at radius 2 is 2.29 bits per heavy atom. The maximum absolute atomic E-state index is 12.0. The van der Waals surface area contributed by atoms with Crippen molar-refractivity contribution in [3.63, 3.8) is 0 Å². The minimum absolute atomic E-state index is 0. The number of nitrogens with zero attached hydrogens (tertiary/aromatic N) is 3. The summed E-state index contributed by atoms with van der Waals surface area (Å²) in [6.45, 7) is 3.14. The first-order valence-electron chi connectivity index (χ1n) is 9.50. The number of carbonyl (C=O) groups is 2. The number of piperidine rings is 1. The van der Waals surface area contributed by atoms with Crippen molar-refractivity contribution in [2.24, 2.45) is 10.4 Å². The molecule has 0 bridgehead atoms. The molecule has 0 radical (unpaired) electrons. The number of nitrogens with one attached hydrogen (secondary N) is 2. The number of hydrogen-bond donors (Lipinski definition) is 2. The van der Waals surface area contributed by atoms with Gasteiger partial charge in [-0.3, -0.25) is 9.59 Å². The van der Waals surface area contributed by atoms with Gasteiger partial charge in [-0.15, -0.1) is 24.0 Å². The third-order valence-corrected chi connectivity index (χ3v) is 5.25. The Bertz CT molecular complexity index is 692. The summed E-state index contributed by atoms with van der Waals surface area (Å²) in [6.07, 6.45) is 5.03. The summed E-state index contributed by atoms with van der Waals surface area (Å²) in [4.78, 5) is 32.0. The molecule has 2 N–H and O–H groups in total. The van der Waals surface area contributed by atoms with Crippen LogP contribution in [0.2, 0.25) is 0 Å². The Labute approximate surface area is 183 Å². The molecule has 2 fully saturated rings. The van der Waals surface area contributed by atoms with Crippen molar-refractivity contribution in [2.45, 2.75) is 25.7 Å². The highest BCUT2D eigenvalue weighted by atomic mass is 127. The van der Waals surface area contributed by atoms with E-state index in [4.69, 9.17) is 4.42 Å². The molecule has 0 aromatic carbocycles. The number of aliphatic imine (C=N–C) groups is 1. The number of furan rings is 1. The number of halogens is 1. The Kier molecular flexibility index (Phi) is 8.14. The van der Waals surface area contributed by atoms with Crippen molar-refractivity contribution in [1.29, 1.82) is 0 Å². The average molecular weight is 503 g/mol. The summed E-state index contributed by atoms with van der Waals surface area (Å²) in [5, 5.41) is 6.35. The molecular weight excluding hydrogens is 473 g/mol. The molecule has 1 aromatic heterocycles. The molecule has 2 saturated heterocycles. The van der Waals surface area contributed by atoms with Crippen molar-refractivity contribution >= 4 is 41.8 Å². The lowest BCUT2D eigenvalue weighted by Gasteiger charge is -2.40. The monoisotopic (exact) mass is 503 g/mol. The fourth-order valence-electron chi connectivity index (χ4n) is 3.73. The van der Waals surface area contributed by atoms with Crippen molar-refractivity contribution in [2.75, 3.05) is 46.8 Å². The molecule has 2 amide bonds. The summed E-state index contributed by atoms with van der Waals surface area (Å²) in [5.41, 5.74) is -0.0235. The lowest BCUT2D eigenvalue weighted by atomic mass is 9.79. The minimum Gasteiger partial charge on any atom is -0.469 e. The van der Waals surface area contributed by atoms with Crippen LogP contribution in [0.15, 0.2) is 27.8 Å². The Morgan fingerprint density at radius 3 is 2.93 bits per heavy atom. The second-order valence-electron chi connectivity index (χ2n) is 7.66. The Balaban J connectivity index is 0.00000280. The van der Waals surface area contributed by atoms with Gasteiger partial charge in [-0.2, -0.15) is 0 Å². The molecule has 3 rings (SSSR count). The lowest BCUT2D eigenvalue weighted by Crippen LogP contribution is -2.51. The summed E-state index contributed by atoms with van der Waals surface area (Å²) in [6, 6.07) is 3.82. The first-order chi connectivity index (χ1) is 13.0. The molecule has 1 atom stereocenters. The van der Waals surface area contributed by atoms with Gasteiger partial charge < -0.3 is 24.9 Å². The minimum atomic E-state index is -0.0373. The van der Waals surface area contributed by atoms with Crippen LogP contribution in [0.3, 0.4) is 0 Å². The van der Waals surface area contributed by atoms with Gasteiger partial charge in [0.2, 0.25) is 11.8 Å². The quantitative estimate of drug-likeness (QED) is 0.357. The molecule has 2 aliphatic rings. The normalized spacial score (nSPS) is 22.0. The van der Waals surface area contributed by atoms with E-state index in [2.05, 4.69) is 20.5 Å². The highest BCUT2D eigenvalue weighted by Crippen LogP contribution is 2.35. The van der Waals surface area contributed by atoms with Crippen LogP contribution in [0, 0.1) is 5.41 Å². The van der Waals surface area contributed by atoms with Gasteiger partial charge in [0.05, 0.1) is 6.26 Å². The van der Waals surface area contributed by atoms with Gasteiger partial charge in [-0.05, 0) is 25.0 Å². The number of amides is 2. The number of carbonyl (C=O) groups excluding carboxylic acids is 2. The molecular formula is C19H30IN5O3. The van der Waals surface area contributed by atoms with E-state index in [1.807, 2.05) is 12.1 Å². The topological polar surface area (TPSA) is 90.2 Å². The largest absolute Gasteiger partial charge is 0.469 e. The van der Waals surface area contributed by atoms with Crippen molar-refractivity contribution < 1.29 is 14.0 Å². The zero-order valence-corrected chi connectivity index (χ0v) is 18.9. The highest BCUT2D eigenvalue weighted by molar-refractivity contribution is 14.0. The van der Waals surface area contributed by atoms with E-state index in [1.54, 1.807) is 25.3 Å². The van der Waals surface area contributed by atoms with E-state index in [-0.39, 0.29) is 47.8 Å². The molecule has 1 aromatic rings. The number of likely N-dealkylation sites (tertiary alicyclic amines) is 1. The summed E-state index contributed by atoms with van der Waals surface area (Å²) < 4.78 is 5.38. The second-order valence-corrected chi connectivity index (χ2v) is 7.66. The van der Waals surface area contributed by atoms with Crippen LogP contribution in [0.5, 0.6) is 0 Å². The standard InChI is InChI=1S/C19H29N5O3.HI/c1-23(2)17(26)12-21-18(20-8-6-15-5-3-10-27-15)24-9-4-7-19(14-24)11-16(25)22-13-19;/h3,5,10H,4,6-9,11-14H2,1-2H3,(H,20,21)(H,22,25);1H. The number of rotatable bonds is 5. The van der Waals surface area contributed by atoms with Crippen LogP contribution < -0.4 is 10.6 Å². The van der Waals surface area contributed by atoms with Gasteiger partial charge in [0.25, 0.3) is 0 Å². The van der Waals surface area contributed by atoms with Crippen LogP contribution in [0.1, 0.15) is 25.0 Å². The van der Waals surface area contributed by atoms with Gasteiger partial charge in [0, 0.05) is 58.5 Å². The van der Waals surface area contributed by atoms with Gasteiger partial charge >= 0.3 is 0 Å². The first kappa shape index (κ1) is 22.5. The maximum Gasteiger partial charge on any atom is 0.243 e. The van der Waals surface area contributed by atoms with Crippen LogP contribution >= 0.6 is 24.0 Å². The molecule has 0 saturated carbocycles. The molecule has 3 heterocycles. The van der Waals surface area contributed by atoms with E-state index < -0.39 is 0 Å². The van der Waals surface area contributed by atoms with Crippen LogP contribution in [0.25, 0.3) is 0 Å². The third-order valence-electron chi connectivity index (χ3n) is 5.25. The Hall–Kier alpha value is -1.78. The molecule has 1 spiro atoms. The smallest absolute Gasteiger partial charge is 0.243 e. The van der Waals surface area contributed by atoms with Gasteiger partial charge in [-0.1, -0.05) is 0 Å². The Morgan fingerprint density at radius 1 is 1.46 bits per heavy atom. The first-order valence-corrected chi connectivity index (χ1v) is 9.50. The van der Waals surface area contributed by atoms with Gasteiger partial charge in [0.15, 0.2) is 5.96 Å². The molecule has 8 nitrogen and oxygen atoms in total. The zero-order chi connectivity index (χ0) is 19.3. The number of guanidine groups is 1. The summed E-state index contributed by atoms with van der Waals surface area (Å²) in [7, 11) is 3.46. The van der Waals surface area contributed by atoms with Crippen molar-refractivity contribution in [3.05, 3.63) is 24.2 Å².